The Morgan fingerprint density at radius 2 is 1.66 bits per heavy atom. The summed E-state index contributed by atoms with van der Waals surface area (Å²) in [5.74, 6) is -0.949. The summed E-state index contributed by atoms with van der Waals surface area (Å²) in [6.45, 7) is 5.76. The second-order valence-electron chi connectivity index (χ2n) is 8.94. The van der Waals surface area contributed by atoms with E-state index < -0.39 is 17.7 Å². The van der Waals surface area contributed by atoms with Crippen LogP contribution in [0.2, 0.25) is 0 Å². The average molecular weight is 467 g/mol. The smallest absolute Gasteiger partial charge is 0.300 e. The number of Topliss-reactive ketones (excluding diaryl/α,β-unsaturated/α-hetero) is 1. The van der Waals surface area contributed by atoms with Gasteiger partial charge in [0.05, 0.1) is 17.7 Å². The number of benzene rings is 3. The second-order valence-corrected chi connectivity index (χ2v) is 8.94. The minimum Gasteiger partial charge on any atom is -0.507 e. The number of aliphatic hydroxyl groups is 1. The number of fused-ring (bicyclic) bond motifs is 1. The highest BCUT2D eigenvalue weighted by Crippen LogP contribution is 2.45. The van der Waals surface area contributed by atoms with Gasteiger partial charge in [-0.05, 0) is 62.7 Å². The summed E-state index contributed by atoms with van der Waals surface area (Å²) in [5, 5.41) is 12.3. The zero-order valence-electron chi connectivity index (χ0n) is 19.8. The molecule has 4 aromatic rings. The lowest BCUT2D eigenvalue weighted by molar-refractivity contribution is -0.132. The highest BCUT2D eigenvalue weighted by molar-refractivity contribution is 6.52. The Kier molecular flexibility index (Phi) is 5.65. The molecule has 1 aliphatic heterocycles. The summed E-state index contributed by atoms with van der Waals surface area (Å²) in [6, 6.07) is 21.2. The SMILES string of the molecule is Cc1ccccc1N1C(=O)C(=O)/C(=C(/O)c2ccc(OC(C)C)cc2)C1c1c[nH]c2ccccc12. The van der Waals surface area contributed by atoms with E-state index in [4.69, 9.17) is 4.74 Å². The first-order chi connectivity index (χ1) is 16.9. The standard InChI is InChI=1S/C29H26N2O4/c1-17(2)35-20-14-12-19(13-15-20)27(32)25-26(22-16-30-23-10-6-5-9-21(22)23)31(29(34)28(25)33)24-11-7-4-8-18(24)3/h4-17,26,30,32H,1-3H3/b27-25+. The lowest BCUT2D eigenvalue weighted by Gasteiger charge is -2.26. The normalized spacial score (nSPS) is 17.5. The molecule has 1 unspecified atom stereocenters. The first-order valence-electron chi connectivity index (χ1n) is 11.6. The number of aromatic nitrogens is 1. The fourth-order valence-corrected chi connectivity index (χ4v) is 4.65. The number of rotatable bonds is 5. The number of ether oxygens (including phenoxy) is 1. The highest BCUT2D eigenvalue weighted by atomic mass is 16.5. The van der Waals surface area contributed by atoms with E-state index >= 15 is 0 Å². The molecular weight excluding hydrogens is 440 g/mol. The van der Waals surface area contributed by atoms with Gasteiger partial charge in [-0.15, -0.1) is 0 Å². The van der Waals surface area contributed by atoms with Crippen LogP contribution in [0.1, 0.15) is 36.6 Å². The van der Waals surface area contributed by atoms with Crippen LogP contribution in [0.4, 0.5) is 5.69 Å². The first-order valence-corrected chi connectivity index (χ1v) is 11.6. The summed E-state index contributed by atoms with van der Waals surface area (Å²) in [4.78, 5) is 31.6. The van der Waals surface area contributed by atoms with Gasteiger partial charge in [0.15, 0.2) is 0 Å². The Morgan fingerprint density at radius 1 is 0.971 bits per heavy atom. The molecule has 0 radical (unpaired) electrons. The summed E-state index contributed by atoms with van der Waals surface area (Å²) in [7, 11) is 0. The molecule has 1 fully saturated rings. The number of aliphatic hydroxyl groups excluding tert-OH is 1. The zero-order valence-corrected chi connectivity index (χ0v) is 19.8. The number of aromatic amines is 1. The molecule has 1 amide bonds. The molecule has 0 saturated carbocycles. The summed E-state index contributed by atoms with van der Waals surface area (Å²) >= 11 is 0. The topological polar surface area (TPSA) is 82.6 Å². The number of hydrogen-bond acceptors (Lipinski definition) is 4. The van der Waals surface area contributed by atoms with Gasteiger partial charge in [0, 0.05) is 33.9 Å². The molecule has 176 valence electrons. The van der Waals surface area contributed by atoms with Crippen LogP contribution in [0.3, 0.4) is 0 Å². The van der Waals surface area contributed by atoms with Gasteiger partial charge in [0.1, 0.15) is 11.5 Å². The van der Waals surface area contributed by atoms with Crippen LogP contribution >= 0.6 is 0 Å². The number of nitrogens with zero attached hydrogens (tertiary/aromatic N) is 1. The molecule has 35 heavy (non-hydrogen) atoms. The number of amides is 1. The Labute approximate surface area is 203 Å². The Bertz CT molecular complexity index is 1460. The van der Waals surface area contributed by atoms with Crippen molar-refractivity contribution in [1.29, 1.82) is 0 Å². The van der Waals surface area contributed by atoms with E-state index in [1.165, 1.54) is 4.90 Å². The summed E-state index contributed by atoms with van der Waals surface area (Å²) in [5.41, 5.74) is 3.60. The van der Waals surface area contributed by atoms with Crippen LogP contribution in [0.15, 0.2) is 84.6 Å². The fourth-order valence-electron chi connectivity index (χ4n) is 4.65. The molecular formula is C29H26N2O4. The molecule has 6 nitrogen and oxygen atoms in total. The number of aryl methyl sites for hydroxylation is 1. The predicted octanol–water partition coefficient (Wildman–Crippen LogP) is 5.89. The van der Waals surface area contributed by atoms with Gasteiger partial charge in [0.25, 0.3) is 11.7 Å². The molecule has 0 bridgehead atoms. The molecule has 2 heterocycles. The number of hydrogen-bond donors (Lipinski definition) is 2. The minimum atomic E-state index is -0.793. The molecule has 1 saturated heterocycles. The molecule has 0 spiro atoms. The van der Waals surface area contributed by atoms with Crippen LogP contribution < -0.4 is 9.64 Å². The molecule has 2 N–H and O–H groups in total. The van der Waals surface area contributed by atoms with Crippen molar-refractivity contribution in [2.24, 2.45) is 0 Å². The van der Waals surface area contributed by atoms with E-state index in [2.05, 4.69) is 4.98 Å². The Balaban J connectivity index is 1.72. The number of ketones is 1. The molecule has 1 atom stereocenters. The van der Waals surface area contributed by atoms with Crippen molar-refractivity contribution >= 4 is 34.0 Å². The number of H-pyrrole nitrogens is 1. The maximum absolute atomic E-state index is 13.4. The van der Waals surface area contributed by atoms with E-state index in [1.807, 2.05) is 69.3 Å². The third-order valence-electron chi connectivity index (χ3n) is 6.23. The van der Waals surface area contributed by atoms with Crippen molar-refractivity contribution in [3.63, 3.8) is 0 Å². The van der Waals surface area contributed by atoms with E-state index in [0.717, 1.165) is 22.0 Å². The number of carbonyl (C=O) groups is 2. The van der Waals surface area contributed by atoms with Gasteiger partial charge in [-0.25, -0.2) is 0 Å². The largest absolute Gasteiger partial charge is 0.507 e. The van der Waals surface area contributed by atoms with Crippen molar-refractivity contribution in [3.05, 3.63) is 101 Å². The number of para-hydroxylation sites is 2. The Hall–Kier alpha value is -4.32. The van der Waals surface area contributed by atoms with E-state index in [9.17, 15) is 14.7 Å². The van der Waals surface area contributed by atoms with Gasteiger partial charge < -0.3 is 14.8 Å². The van der Waals surface area contributed by atoms with Gasteiger partial charge in [-0.2, -0.15) is 0 Å². The van der Waals surface area contributed by atoms with Crippen LogP contribution in [0.5, 0.6) is 5.75 Å². The number of carbonyl (C=O) groups excluding carboxylic acids is 2. The average Bonchev–Trinajstić information content (AvgIpc) is 3.38. The van der Waals surface area contributed by atoms with Crippen molar-refractivity contribution in [2.75, 3.05) is 4.90 Å². The summed E-state index contributed by atoms with van der Waals surface area (Å²) < 4.78 is 5.70. The quantitative estimate of drug-likeness (QED) is 0.218. The van der Waals surface area contributed by atoms with E-state index in [1.54, 1.807) is 30.5 Å². The predicted molar refractivity (Wildman–Crippen MR) is 136 cm³/mol. The molecule has 1 aliphatic rings. The van der Waals surface area contributed by atoms with Crippen LogP contribution in [0, 0.1) is 6.92 Å². The van der Waals surface area contributed by atoms with Crippen LogP contribution in [-0.2, 0) is 9.59 Å². The van der Waals surface area contributed by atoms with Crippen molar-refractivity contribution in [3.8, 4) is 5.75 Å². The monoisotopic (exact) mass is 466 g/mol. The highest BCUT2D eigenvalue weighted by Gasteiger charge is 2.48. The van der Waals surface area contributed by atoms with Gasteiger partial charge in [-0.3, -0.25) is 14.5 Å². The number of anilines is 1. The third kappa shape index (κ3) is 3.87. The maximum Gasteiger partial charge on any atom is 0.300 e. The second kappa shape index (κ2) is 8.80. The first kappa shape index (κ1) is 22.5. The Morgan fingerprint density at radius 3 is 2.37 bits per heavy atom. The van der Waals surface area contributed by atoms with E-state index in [0.29, 0.717) is 17.0 Å². The zero-order chi connectivity index (χ0) is 24.7. The van der Waals surface area contributed by atoms with Crippen molar-refractivity contribution < 1.29 is 19.4 Å². The van der Waals surface area contributed by atoms with Crippen molar-refractivity contribution in [2.45, 2.75) is 32.9 Å². The fraction of sp³-hybridized carbons (Fsp3) is 0.172. The van der Waals surface area contributed by atoms with E-state index in [-0.39, 0.29) is 17.4 Å². The number of nitrogens with one attached hydrogen (secondary N) is 1. The summed E-state index contributed by atoms with van der Waals surface area (Å²) in [6.07, 6.45) is 1.81. The van der Waals surface area contributed by atoms with Gasteiger partial charge in [-0.1, -0.05) is 36.4 Å². The molecule has 6 heteroatoms. The maximum atomic E-state index is 13.4. The van der Waals surface area contributed by atoms with Crippen molar-refractivity contribution in [1.82, 2.24) is 4.98 Å². The van der Waals surface area contributed by atoms with Gasteiger partial charge in [0.2, 0.25) is 0 Å². The third-order valence-corrected chi connectivity index (χ3v) is 6.23. The molecule has 1 aromatic heterocycles. The van der Waals surface area contributed by atoms with Crippen LogP contribution in [0.25, 0.3) is 16.7 Å². The molecule has 0 aliphatic carbocycles. The molecule has 3 aromatic carbocycles. The molecule has 5 rings (SSSR count). The lowest BCUT2D eigenvalue weighted by atomic mass is 9.94. The van der Waals surface area contributed by atoms with Gasteiger partial charge >= 0.3 is 0 Å². The van der Waals surface area contributed by atoms with Crippen LogP contribution in [-0.4, -0.2) is 27.9 Å². The minimum absolute atomic E-state index is 0.00996. The lowest BCUT2D eigenvalue weighted by Crippen LogP contribution is -2.30.